The number of rotatable bonds is 6. The van der Waals surface area contributed by atoms with Gasteiger partial charge in [-0.1, -0.05) is 13.3 Å². The summed E-state index contributed by atoms with van der Waals surface area (Å²) in [7, 11) is 0. The standard InChI is InChI=1S/C24H27N7O2S/c1-2-3-4-19(32)27-23-28-20-17(7-10-26-20)21(29-23)30-11-12-31(15-24(14-30)8-9-24)22(33)18-6-5-16(13-25)34-18/h5-7,10H,2-4,8-9,11-12,14-15H2,1H3,(H2,26,27,28,29,32). The molecule has 3 aromatic rings. The van der Waals surface area contributed by atoms with E-state index >= 15 is 0 Å². The lowest BCUT2D eigenvalue weighted by Gasteiger charge is -2.25. The highest BCUT2D eigenvalue weighted by Gasteiger charge is 2.48. The molecule has 1 saturated heterocycles. The van der Waals surface area contributed by atoms with Crippen LogP contribution in [0.2, 0.25) is 0 Å². The number of hydrogen-bond acceptors (Lipinski definition) is 7. The number of aromatic nitrogens is 3. The van der Waals surface area contributed by atoms with Gasteiger partial charge in [0.1, 0.15) is 22.4 Å². The lowest BCUT2D eigenvalue weighted by Crippen LogP contribution is -2.36. The maximum Gasteiger partial charge on any atom is 0.264 e. The van der Waals surface area contributed by atoms with Gasteiger partial charge in [0, 0.05) is 44.2 Å². The Kier molecular flexibility index (Phi) is 5.96. The topological polar surface area (TPSA) is 118 Å². The number of aromatic amines is 1. The summed E-state index contributed by atoms with van der Waals surface area (Å²) in [5, 5.41) is 12.9. The van der Waals surface area contributed by atoms with E-state index in [0.29, 0.717) is 47.4 Å². The lowest BCUT2D eigenvalue weighted by atomic mass is 10.1. The summed E-state index contributed by atoms with van der Waals surface area (Å²) in [6.07, 6.45) is 6.16. The molecule has 2 aliphatic rings. The third-order valence-electron chi connectivity index (χ3n) is 6.57. The molecule has 0 aromatic carbocycles. The minimum absolute atomic E-state index is 0.0158. The Morgan fingerprint density at radius 2 is 2.09 bits per heavy atom. The van der Waals surface area contributed by atoms with Crippen LogP contribution in [0.1, 0.15) is 53.6 Å². The van der Waals surface area contributed by atoms with Gasteiger partial charge in [-0.05, 0) is 37.5 Å². The Balaban J connectivity index is 1.40. The number of carbonyl (C=O) groups is 2. The van der Waals surface area contributed by atoms with E-state index in [4.69, 9.17) is 10.2 Å². The molecule has 1 aliphatic heterocycles. The van der Waals surface area contributed by atoms with Gasteiger partial charge < -0.3 is 14.8 Å². The summed E-state index contributed by atoms with van der Waals surface area (Å²) in [5.74, 6) is 0.979. The quantitative estimate of drug-likeness (QED) is 0.558. The zero-order valence-electron chi connectivity index (χ0n) is 19.1. The van der Waals surface area contributed by atoms with E-state index < -0.39 is 0 Å². The van der Waals surface area contributed by atoms with Crippen molar-refractivity contribution in [3.05, 3.63) is 34.2 Å². The minimum Gasteiger partial charge on any atom is -0.353 e. The summed E-state index contributed by atoms with van der Waals surface area (Å²) in [5.41, 5.74) is 0.722. The Hall–Kier alpha value is -3.45. The van der Waals surface area contributed by atoms with Crippen molar-refractivity contribution >= 4 is 46.0 Å². The van der Waals surface area contributed by atoms with Gasteiger partial charge in [-0.15, -0.1) is 11.3 Å². The fraction of sp³-hybridized carbons (Fsp3) is 0.458. The van der Waals surface area contributed by atoms with Gasteiger partial charge in [0.25, 0.3) is 5.91 Å². The van der Waals surface area contributed by atoms with Gasteiger partial charge >= 0.3 is 0 Å². The number of nitrogens with one attached hydrogen (secondary N) is 2. The highest BCUT2D eigenvalue weighted by atomic mass is 32.1. The fourth-order valence-electron chi connectivity index (χ4n) is 4.52. The van der Waals surface area contributed by atoms with Crippen molar-refractivity contribution in [3.63, 3.8) is 0 Å². The average molecular weight is 478 g/mol. The lowest BCUT2D eigenvalue weighted by molar-refractivity contribution is -0.116. The number of nitriles is 1. The van der Waals surface area contributed by atoms with Crippen molar-refractivity contribution in [1.82, 2.24) is 19.9 Å². The van der Waals surface area contributed by atoms with Crippen LogP contribution in [-0.2, 0) is 4.79 Å². The SMILES string of the molecule is CCCCC(=O)Nc1nc(N2CCN(C(=O)c3ccc(C#N)s3)CC3(CC3)C2)c2cc[nH]c2n1. The smallest absolute Gasteiger partial charge is 0.264 e. The molecule has 176 valence electrons. The molecule has 3 aromatic heterocycles. The van der Waals surface area contributed by atoms with E-state index in [2.05, 4.69) is 33.2 Å². The first-order chi connectivity index (χ1) is 16.5. The van der Waals surface area contributed by atoms with E-state index in [1.165, 1.54) is 11.3 Å². The van der Waals surface area contributed by atoms with Crippen molar-refractivity contribution < 1.29 is 9.59 Å². The minimum atomic E-state index is -0.0855. The van der Waals surface area contributed by atoms with Crippen LogP contribution in [0.4, 0.5) is 11.8 Å². The van der Waals surface area contributed by atoms with Crippen molar-refractivity contribution in [2.24, 2.45) is 5.41 Å². The largest absolute Gasteiger partial charge is 0.353 e. The molecule has 5 rings (SSSR count). The second-order valence-electron chi connectivity index (χ2n) is 9.19. The van der Waals surface area contributed by atoms with Gasteiger partial charge in [-0.2, -0.15) is 15.2 Å². The van der Waals surface area contributed by atoms with Crippen molar-refractivity contribution in [2.75, 3.05) is 36.4 Å². The van der Waals surface area contributed by atoms with E-state index in [0.717, 1.165) is 43.4 Å². The van der Waals surface area contributed by atoms with Gasteiger partial charge in [-0.25, -0.2) is 0 Å². The molecule has 0 radical (unpaired) electrons. The summed E-state index contributed by atoms with van der Waals surface area (Å²) in [6, 6.07) is 7.51. The summed E-state index contributed by atoms with van der Waals surface area (Å²) >= 11 is 1.24. The van der Waals surface area contributed by atoms with Crippen LogP contribution in [0.15, 0.2) is 24.4 Å². The van der Waals surface area contributed by atoms with Crippen LogP contribution in [0, 0.1) is 16.7 Å². The van der Waals surface area contributed by atoms with Crippen LogP contribution in [0.3, 0.4) is 0 Å². The Bertz CT molecular complexity index is 1270. The number of thiophene rings is 1. The van der Waals surface area contributed by atoms with Crippen LogP contribution in [0.25, 0.3) is 11.0 Å². The predicted molar refractivity (Wildman–Crippen MR) is 131 cm³/mol. The van der Waals surface area contributed by atoms with E-state index in [1.54, 1.807) is 12.1 Å². The van der Waals surface area contributed by atoms with Gasteiger partial charge in [-0.3, -0.25) is 14.9 Å². The summed E-state index contributed by atoms with van der Waals surface area (Å²) in [4.78, 5) is 43.2. The van der Waals surface area contributed by atoms with E-state index in [1.807, 2.05) is 17.2 Å². The zero-order chi connectivity index (χ0) is 23.7. The molecule has 4 heterocycles. The van der Waals surface area contributed by atoms with Crippen LogP contribution in [0.5, 0.6) is 0 Å². The molecule has 0 atom stereocenters. The van der Waals surface area contributed by atoms with Crippen LogP contribution in [-0.4, -0.2) is 57.8 Å². The molecule has 0 bridgehead atoms. The molecule has 34 heavy (non-hydrogen) atoms. The van der Waals surface area contributed by atoms with Gasteiger partial charge in [0.15, 0.2) is 0 Å². The number of amides is 2. The first-order valence-corrected chi connectivity index (χ1v) is 12.5. The van der Waals surface area contributed by atoms with Gasteiger partial charge in [0.05, 0.1) is 10.3 Å². The molecule has 2 N–H and O–H groups in total. The number of unbranched alkanes of at least 4 members (excludes halogenated alkanes) is 1. The monoisotopic (exact) mass is 477 g/mol. The second-order valence-corrected chi connectivity index (χ2v) is 10.3. The molecular formula is C24H27N7O2S. The van der Waals surface area contributed by atoms with Crippen LogP contribution >= 0.6 is 11.3 Å². The molecule has 0 unspecified atom stereocenters. The number of carbonyl (C=O) groups excluding carboxylic acids is 2. The Morgan fingerprint density at radius 1 is 1.24 bits per heavy atom. The maximum absolute atomic E-state index is 13.2. The number of fused-ring (bicyclic) bond motifs is 1. The first-order valence-electron chi connectivity index (χ1n) is 11.7. The van der Waals surface area contributed by atoms with Crippen LogP contribution < -0.4 is 10.2 Å². The molecule has 2 amide bonds. The molecular weight excluding hydrogens is 450 g/mol. The second kappa shape index (κ2) is 9.06. The molecule has 2 fully saturated rings. The molecule has 1 aliphatic carbocycles. The third kappa shape index (κ3) is 4.48. The number of nitrogens with zero attached hydrogens (tertiary/aromatic N) is 5. The molecule has 1 saturated carbocycles. The predicted octanol–water partition coefficient (Wildman–Crippen LogP) is 3.76. The summed E-state index contributed by atoms with van der Waals surface area (Å²) < 4.78 is 0. The Morgan fingerprint density at radius 3 is 2.82 bits per heavy atom. The summed E-state index contributed by atoms with van der Waals surface area (Å²) in [6.45, 7) is 4.74. The number of anilines is 2. The normalized spacial score (nSPS) is 16.9. The Labute approximate surface area is 201 Å². The van der Waals surface area contributed by atoms with E-state index in [-0.39, 0.29) is 17.2 Å². The van der Waals surface area contributed by atoms with Crippen molar-refractivity contribution in [2.45, 2.75) is 39.0 Å². The van der Waals surface area contributed by atoms with E-state index in [9.17, 15) is 9.59 Å². The first kappa shape index (κ1) is 22.3. The average Bonchev–Trinajstić information content (AvgIpc) is 3.23. The van der Waals surface area contributed by atoms with Crippen molar-refractivity contribution in [3.8, 4) is 6.07 Å². The number of hydrogen-bond donors (Lipinski definition) is 2. The number of H-pyrrole nitrogens is 1. The van der Waals surface area contributed by atoms with Crippen molar-refractivity contribution in [1.29, 1.82) is 5.26 Å². The molecule has 10 heteroatoms. The fourth-order valence-corrected chi connectivity index (χ4v) is 5.29. The maximum atomic E-state index is 13.2. The molecule has 1 spiro atoms. The third-order valence-corrected chi connectivity index (χ3v) is 7.55. The zero-order valence-corrected chi connectivity index (χ0v) is 20.0. The molecule has 9 nitrogen and oxygen atoms in total. The highest BCUT2D eigenvalue weighted by molar-refractivity contribution is 7.14. The highest BCUT2D eigenvalue weighted by Crippen LogP contribution is 2.49. The van der Waals surface area contributed by atoms with Gasteiger partial charge in [0.2, 0.25) is 11.9 Å².